The summed E-state index contributed by atoms with van der Waals surface area (Å²) in [6.45, 7) is 3.50. The van der Waals surface area contributed by atoms with Gasteiger partial charge in [-0.25, -0.2) is 8.78 Å². The molecule has 0 aromatic heterocycles. The van der Waals surface area contributed by atoms with Crippen LogP contribution < -0.4 is 5.32 Å². The monoisotopic (exact) mass is 271 g/mol. The lowest BCUT2D eigenvalue weighted by atomic mass is 10.3. The van der Waals surface area contributed by atoms with Gasteiger partial charge in [0, 0.05) is 37.9 Å². The molecule has 0 bridgehead atoms. The fourth-order valence-corrected chi connectivity index (χ4v) is 2.14. The second kappa shape index (κ2) is 5.58. The number of nitrogens with zero attached hydrogens (tertiary/aromatic N) is 2. The number of anilines is 1. The van der Waals surface area contributed by atoms with Gasteiger partial charge in [-0.05, 0) is 31.4 Å². The van der Waals surface area contributed by atoms with Crippen LogP contribution in [0.2, 0.25) is 0 Å². The van der Waals surface area contributed by atoms with Gasteiger partial charge >= 0.3 is 0 Å². The van der Waals surface area contributed by atoms with Crippen LogP contribution in [0.3, 0.4) is 0 Å². The molecule has 1 aliphatic rings. The molecule has 0 unspecified atom stereocenters. The number of likely N-dealkylation sites (N-methyl/N-ethyl adjacent to an activating group) is 1. The van der Waals surface area contributed by atoms with E-state index in [9.17, 15) is 8.78 Å². The Morgan fingerprint density at radius 3 is 2.22 bits per heavy atom. The van der Waals surface area contributed by atoms with Crippen molar-refractivity contribution >= 4 is 23.0 Å². The Hall–Kier alpha value is -1.27. The van der Waals surface area contributed by atoms with E-state index in [0.29, 0.717) is 10.8 Å². The molecule has 0 spiro atoms. The first-order chi connectivity index (χ1) is 8.54. The van der Waals surface area contributed by atoms with Gasteiger partial charge < -0.3 is 15.1 Å². The lowest BCUT2D eigenvalue weighted by molar-refractivity contribution is 0.217. The predicted molar refractivity (Wildman–Crippen MR) is 71.6 cm³/mol. The Balaban J connectivity index is 1.98. The maximum atomic E-state index is 13.0. The van der Waals surface area contributed by atoms with E-state index in [1.54, 1.807) is 0 Å². The molecule has 1 aromatic rings. The van der Waals surface area contributed by atoms with E-state index in [1.165, 1.54) is 12.1 Å². The molecule has 1 fully saturated rings. The third-order valence-corrected chi connectivity index (χ3v) is 3.26. The third kappa shape index (κ3) is 3.36. The van der Waals surface area contributed by atoms with Crippen molar-refractivity contribution in [3.05, 3.63) is 29.8 Å². The summed E-state index contributed by atoms with van der Waals surface area (Å²) in [5, 5.41) is 3.37. The Labute approximate surface area is 110 Å². The van der Waals surface area contributed by atoms with Gasteiger partial charge in [0.15, 0.2) is 5.11 Å². The van der Waals surface area contributed by atoms with Crippen LogP contribution in [0.25, 0.3) is 0 Å². The molecule has 0 radical (unpaired) electrons. The lowest BCUT2D eigenvalue weighted by Crippen LogP contribution is -2.48. The Morgan fingerprint density at radius 1 is 1.11 bits per heavy atom. The van der Waals surface area contributed by atoms with E-state index in [-0.39, 0.29) is 0 Å². The standard InChI is InChI=1S/C12H15F2N3S/c1-16-2-4-17(5-3-16)12(18)15-11-7-9(13)6-10(14)8-11/h6-8H,2-5H2,1H3,(H,15,18). The molecule has 1 aliphatic heterocycles. The van der Waals surface area contributed by atoms with E-state index < -0.39 is 11.6 Å². The Bertz CT molecular complexity index is 425. The van der Waals surface area contributed by atoms with Crippen LogP contribution in [0.4, 0.5) is 14.5 Å². The van der Waals surface area contributed by atoms with Gasteiger partial charge in [0.2, 0.25) is 0 Å². The fourth-order valence-electron chi connectivity index (χ4n) is 1.84. The van der Waals surface area contributed by atoms with Gasteiger partial charge in [0.1, 0.15) is 11.6 Å². The average molecular weight is 271 g/mol. The molecule has 98 valence electrons. The highest BCUT2D eigenvalue weighted by molar-refractivity contribution is 7.80. The van der Waals surface area contributed by atoms with E-state index in [0.717, 1.165) is 32.2 Å². The summed E-state index contributed by atoms with van der Waals surface area (Å²) < 4.78 is 26.1. The number of hydrogen-bond acceptors (Lipinski definition) is 2. The van der Waals surface area contributed by atoms with Gasteiger partial charge in [0.05, 0.1) is 0 Å². The largest absolute Gasteiger partial charge is 0.346 e. The molecule has 1 aromatic carbocycles. The molecule has 6 heteroatoms. The number of hydrogen-bond donors (Lipinski definition) is 1. The topological polar surface area (TPSA) is 18.5 Å². The lowest BCUT2D eigenvalue weighted by Gasteiger charge is -2.34. The van der Waals surface area contributed by atoms with E-state index in [2.05, 4.69) is 17.3 Å². The molecule has 1 saturated heterocycles. The number of rotatable bonds is 1. The molecular formula is C12H15F2N3S. The van der Waals surface area contributed by atoms with Gasteiger partial charge in [-0.15, -0.1) is 0 Å². The minimum absolute atomic E-state index is 0.344. The zero-order valence-electron chi connectivity index (χ0n) is 10.1. The first-order valence-electron chi connectivity index (χ1n) is 5.75. The summed E-state index contributed by atoms with van der Waals surface area (Å²) in [5.41, 5.74) is 0.344. The summed E-state index contributed by atoms with van der Waals surface area (Å²) in [5.74, 6) is -1.22. The van der Waals surface area contributed by atoms with Gasteiger partial charge in [-0.3, -0.25) is 0 Å². The SMILES string of the molecule is CN1CCN(C(=S)Nc2cc(F)cc(F)c2)CC1. The number of nitrogens with one attached hydrogen (secondary N) is 1. The van der Waals surface area contributed by atoms with Crippen LogP contribution in [0.15, 0.2) is 18.2 Å². The fraction of sp³-hybridized carbons (Fsp3) is 0.417. The smallest absolute Gasteiger partial charge is 0.173 e. The van der Waals surface area contributed by atoms with Crippen LogP contribution in [0.5, 0.6) is 0 Å². The Morgan fingerprint density at radius 2 is 1.67 bits per heavy atom. The second-order valence-corrected chi connectivity index (χ2v) is 4.77. The maximum Gasteiger partial charge on any atom is 0.173 e. The first kappa shape index (κ1) is 13.2. The second-order valence-electron chi connectivity index (χ2n) is 4.38. The summed E-state index contributed by atoms with van der Waals surface area (Å²) in [6.07, 6.45) is 0. The van der Waals surface area contributed by atoms with Gasteiger partial charge in [0.25, 0.3) is 0 Å². The van der Waals surface area contributed by atoms with Crippen molar-refractivity contribution < 1.29 is 8.78 Å². The van der Waals surface area contributed by atoms with E-state index in [1.807, 2.05) is 4.90 Å². The number of thiocarbonyl (C=S) groups is 1. The van der Waals surface area contributed by atoms with Crippen molar-refractivity contribution in [2.45, 2.75) is 0 Å². The number of benzene rings is 1. The van der Waals surface area contributed by atoms with Crippen molar-refractivity contribution in [3.8, 4) is 0 Å². The van der Waals surface area contributed by atoms with Crippen molar-refractivity contribution in [3.63, 3.8) is 0 Å². The zero-order valence-corrected chi connectivity index (χ0v) is 10.9. The minimum atomic E-state index is -0.612. The molecule has 2 rings (SSSR count). The molecule has 0 saturated carbocycles. The van der Waals surface area contributed by atoms with E-state index in [4.69, 9.17) is 12.2 Å². The minimum Gasteiger partial charge on any atom is -0.346 e. The number of piperazine rings is 1. The molecule has 0 aliphatic carbocycles. The van der Waals surface area contributed by atoms with Gasteiger partial charge in [-0.2, -0.15) is 0 Å². The highest BCUT2D eigenvalue weighted by atomic mass is 32.1. The van der Waals surface area contributed by atoms with Crippen molar-refractivity contribution in [2.24, 2.45) is 0 Å². The molecule has 0 amide bonds. The molecule has 1 N–H and O–H groups in total. The predicted octanol–water partition coefficient (Wildman–Crippen LogP) is 1.91. The Kier molecular flexibility index (Phi) is 4.08. The maximum absolute atomic E-state index is 13.0. The van der Waals surface area contributed by atoms with Crippen LogP contribution >= 0.6 is 12.2 Å². The van der Waals surface area contributed by atoms with E-state index >= 15 is 0 Å². The first-order valence-corrected chi connectivity index (χ1v) is 6.16. The van der Waals surface area contributed by atoms with Crippen molar-refractivity contribution in [2.75, 3.05) is 38.5 Å². The zero-order chi connectivity index (χ0) is 13.1. The third-order valence-electron chi connectivity index (χ3n) is 2.90. The average Bonchev–Trinajstić information content (AvgIpc) is 2.28. The number of halogens is 2. The molecule has 3 nitrogen and oxygen atoms in total. The van der Waals surface area contributed by atoms with Crippen LogP contribution in [0, 0.1) is 11.6 Å². The van der Waals surface area contributed by atoms with Gasteiger partial charge in [-0.1, -0.05) is 0 Å². The van der Waals surface area contributed by atoms with Crippen molar-refractivity contribution in [1.29, 1.82) is 0 Å². The summed E-state index contributed by atoms with van der Waals surface area (Å²) in [7, 11) is 2.05. The highest BCUT2D eigenvalue weighted by Gasteiger charge is 2.16. The summed E-state index contributed by atoms with van der Waals surface area (Å²) in [4.78, 5) is 4.21. The molecule has 1 heterocycles. The van der Waals surface area contributed by atoms with Crippen molar-refractivity contribution in [1.82, 2.24) is 9.80 Å². The van der Waals surface area contributed by atoms with Crippen LogP contribution in [-0.2, 0) is 0 Å². The summed E-state index contributed by atoms with van der Waals surface area (Å²) >= 11 is 5.23. The van der Waals surface area contributed by atoms with Crippen LogP contribution in [0.1, 0.15) is 0 Å². The summed E-state index contributed by atoms with van der Waals surface area (Å²) in [6, 6.07) is 3.29. The highest BCUT2D eigenvalue weighted by Crippen LogP contribution is 2.14. The molecule has 0 atom stereocenters. The molecular weight excluding hydrogens is 256 g/mol. The molecule has 18 heavy (non-hydrogen) atoms. The normalized spacial score (nSPS) is 16.7. The van der Waals surface area contributed by atoms with Crippen LogP contribution in [-0.4, -0.2) is 48.1 Å². The quantitative estimate of drug-likeness (QED) is 0.786.